The lowest BCUT2D eigenvalue weighted by Crippen LogP contribution is -2.66. The molecule has 1 aromatic carbocycles. The Bertz CT molecular complexity index is 1470. The number of nitrogens with two attached hydrogens (primary N) is 1. The van der Waals surface area contributed by atoms with Crippen LogP contribution in [0.3, 0.4) is 0 Å². The molecule has 220 valence electrons. The fourth-order valence-corrected chi connectivity index (χ4v) is 8.15. The Morgan fingerprint density at radius 3 is 2.63 bits per heavy atom. The smallest absolute Gasteiger partial charge is 0.255 e. The second-order valence-corrected chi connectivity index (χ2v) is 12.1. The summed E-state index contributed by atoms with van der Waals surface area (Å²) in [7, 11) is 3.52. The number of aromatic hydroxyl groups is 1. The molecular formula is C29H35FN4O7. The van der Waals surface area contributed by atoms with Gasteiger partial charge >= 0.3 is 0 Å². The zero-order chi connectivity index (χ0) is 29.7. The van der Waals surface area contributed by atoms with Crippen LogP contribution < -0.4 is 11.1 Å². The Morgan fingerprint density at radius 2 is 1.98 bits per heavy atom. The first-order valence-corrected chi connectivity index (χ1v) is 14.1. The highest BCUT2D eigenvalue weighted by Gasteiger charge is 2.64. The summed E-state index contributed by atoms with van der Waals surface area (Å²) in [5, 5.41) is 48.8. The maximum atomic E-state index is 16.4. The molecule has 5 aliphatic rings. The van der Waals surface area contributed by atoms with Gasteiger partial charge in [-0.15, -0.1) is 0 Å². The van der Waals surface area contributed by atoms with Crippen molar-refractivity contribution in [3.63, 3.8) is 0 Å². The first-order valence-electron chi connectivity index (χ1n) is 14.1. The van der Waals surface area contributed by atoms with Crippen molar-refractivity contribution in [2.24, 2.45) is 23.5 Å². The third-order valence-electron chi connectivity index (χ3n) is 9.97. The van der Waals surface area contributed by atoms with Gasteiger partial charge in [0.2, 0.25) is 5.78 Å². The number of anilines is 1. The molecule has 1 amide bonds. The van der Waals surface area contributed by atoms with Crippen molar-refractivity contribution in [2.75, 3.05) is 39.0 Å². The van der Waals surface area contributed by atoms with Crippen molar-refractivity contribution in [2.45, 2.75) is 50.3 Å². The molecule has 12 heteroatoms. The number of nitrogens with zero attached hydrogens (tertiary/aromatic N) is 2. The largest absolute Gasteiger partial charge is 0.508 e. The minimum Gasteiger partial charge on any atom is -0.508 e. The summed E-state index contributed by atoms with van der Waals surface area (Å²) >= 11 is 0. The molecule has 41 heavy (non-hydrogen) atoms. The van der Waals surface area contributed by atoms with Crippen LogP contribution in [-0.2, 0) is 20.8 Å². The average molecular weight is 571 g/mol. The number of hydrogen-bond donors (Lipinski definition) is 6. The van der Waals surface area contributed by atoms with E-state index in [1.165, 1.54) is 0 Å². The van der Waals surface area contributed by atoms with Crippen molar-refractivity contribution >= 4 is 28.9 Å². The molecular weight excluding hydrogens is 535 g/mol. The average Bonchev–Trinajstić information content (AvgIpc) is 3.29. The predicted octanol–water partition coefficient (Wildman–Crippen LogP) is 1.30. The van der Waals surface area contributed by atoms with Gasteiger partial charge < -0.3 is 31.5 Å². The maximum Gasteiger partial charge on any atom is 0.255 e. The fourth-order valence-electron chi connectivity index (χ4n) is 8.15. The SMILES string of the molecule is CCCN(C)[C@@H]1C(=O)C(C(N)=O)=C(O)[C@@]2(O)C(=O)C3=C(O)c4c(O)c5c(c(F)c4C[C@H]3C[C@@H]12)C1C(CCN1C)CN5. The van der Waals surface area contributed by atoms with Crippen LogP contribution in [0.2, 0.25) is 0 Å². The molecule has 11 nitrogen and oxygen atoms in total. The molecule has 0 radical (unpaired) electrons. The van der Waals surface area contributed by atoms with Crippen LogP contribution in [0.5, 0.6) is 5.75 Å². The number of benzene rings is 1. The molecule has 2 unspecified atom stereocenters. The van der Waals surface area contributed by atoms with E-state index in [2.05, 4.69) is 5.32 Å². The standard InChI is InChI=1S/C29H35FN4O7/c1-4-6-33(2)22-14-9-12-8-13-16(24(36)20-17(19(13)30)21-11(10-32-20)5-7-34(21)3)23(35)15(12)26(38)29(14,41)27(39)18(25(22)37)28(31)40/h11-12,14,21-22,32,35-36,39,41H,4-10H2,1-3H3,(H2,31,40)/t11?,12-,14-,21?,22-,29-/m0/s1. The van der Waals surface area contributed by atoms with Gasteiger partial charge in [-0.25, -0.2) is 4.39 Å². The Hall–Kier alpha value is -3.48. The molecule has 0 aromatic heterocycles. The predicted molar refractivity (Wildman–Crippen MR) is 145 cm³/mol. The number of Topliss-reactive ketones (excluding diaryl/α,β-unsaturated/α-hetero) is 2. The molecule has 7 N–H and O–H groups in total. The first kappa shape index (κ1) is 27.7. The number of likely N-dealkylation sites (N-methyl/N-ethyl adjacent to an activating group) is 1. The molecule has 2 aliphatic heterocycles. The van der Waals surface area contributed by atoms with Crippen LogP contribution in [0, 0.1) is 23.6 Å². The maximum absolute atomic E-state index is 16.4. The quantitative estimate of drug-likeness (QED) is 0.229. The number of nitrogens with one attached hydrogen (secondary N) is 1. The Labute approximate surface area is 236 Å². The molecule has 6 atom stereocenters. The Kier molecular flexibility index (Phi) is 6.25. The van der Waals surface area contributed by atoms with Crippen LogP contribution in [0.1, 0.15) is 48.9 Å². The summed E-state index contributed by atoms with van der Waals surface area (Å²) in [6.45, 7) is 3.52. The summed E-state index contributed by atoms with van der Waals surface area (Å²) in [6, 6.07) is -1.43. The van der Waals surface area contributed by atoms with Gasteiger partial charge in [0.1, 0.15) is 28.7 Å². The number of aliphatic hydroxyl groups is 3. The molecule has 0 bridgehead atoms. The zero-order valence-electron chi connectivity index (χ0n) is 23.2. The number of hydrogen-bond acceptors (Lipinski definition) is 10. The van der Waals surface area contributed by atoms with E-state index in [0.717, 1.165) is 13.0 Å². The van der Waals surface area contributed by atoms with Crippen LogP contribution >= 0.6 is 0 Å². The number of rotatable bonds is 4. The highest BCUT2D eigenvalue weighted by molar-refractivity contribution is 6.24. The number of aliphatic hydroxyl groups excluding tert-OH is 2. The summed E-state index contributed by atoms with van der Waals surface area (Å²) in [4.78, 5) is 43.5. The van der Waals surface area contributed by atoms with Gasteiger partial charge in [0.05, 0.1) is 17.3 Å². The number of phenols is 1. The number of carbonyl (C=O) groups excluding carboxylic acids is 3. The third kappa shape index (κ3) is 3.50. The highest BCUT2D eigenvalue weighted by Crippen LogP contribution is 2.56. The lowest BCUT2D eigenvalue weighted by atomic mass is 9.57. The van der Waals surface area contributed by atoms with Gasteiger partial charge in [0.15, 0.2) is 11.4 Å². The second kappa shape index (κ2) is 9.27. The van der Waals surface area contributed by atoms with Crippen molar-refractivity contribution in [3.05, 3.63) is 39.4 Å². The van der Waals surface area contributed by atoms with Crippen LogP contribution in [0.4, 0.5) is 10.1 Å². The molecule has 1 aromatic rings. The number of fused-ring (bicyclic) bond motifs is 6. The Balaban J connectivity index is 1.55. The minimum absolute atomic E-state index is 0.0617. The van der Waals surface area contributed by atoms with Gasteiger partial charge in [-0.05, 0) is 64.7 Å². The van der Waals surface area contributed by atoms with Crippen molar-refractivity contribution in [1.82, 2.24) is 9.80 Å². The lowest BCUT2D eigenvalue weighted by molar-refractivity contribution is -0.154. The van der Waals surface area contributed by atoms with Gasteiger partial charge in [-0.1, -0.05) is 6.92 Å². The van der Waals surface area contributed by atoms with Gasteiger partial charge in [0.25, 0.3) is 5.91 Å². The number of carbonyl (C=O) groups is 3. The topological polar surface area (TPSA) is 177 Å². The summed E-state index contributed by atoms with van der Waals surface area (Å²) < 4.78 is 16.4. The molecule has 2 heterocycles. The Morgan fingerprint density at radius 1 is 1.27 bits per heavy atom. The van der Waals surface area contributed by atoms with E-state index in [1.54, 1.807) is 11.9 Å². The number of primary amides is 1. The number of halogens is 1. The van der Waals surface area contributed by atoms with Gasteiger partial charge in [-0.3, -0.25) is 24.2 Å². The van der Waals surface area contributed by atoms with E-state index in [4.69, 9.17) is 5.73 Å². The lowest BCUT2D eigenvalue weighted by Gasteiger charge is -2.50. The molecule has 0 spiro atoms. The molecule has 3 aliphatic carbocycles. The third-order valence-corrected chi connectivity index (χ3v) is 9.97. The van der Waals surface area contributed by atoms with E-state index in [0.29, 0.717) is 25.1 Å². The molecule has 6 rings (SSSR count). The van der Waals surface area contributed by atoms with Crippen molar-refractivity contribution in [1.29, 1.82) is 0 Å². The van der Waals surface area contributed by atoms with Crippen LogP contribution in [-0.4, -0.2) is 93.1 Å². The van der Waals surface area contributed by atoms with E-state index < -0.39 is 69.6 Å². The summed E-state index contributed by atoms with van der Waals surface area (Å²) in [5.41, 5.74) is 1.84. The first-order chi connectivity index (χ1) is 19.4. The fraction of sp³-hybridized carbons (Fsp3) is 0.552. The van der Waals surface area contributed by atoms with E-state index in [-0.39, 0.29) is 47.2 Å². The molecule has 2 fully saturated rings. The van der Waals surface area contributed by atoms with Crippen molar-refractivity contribution < 1.29 is 39.2 Å². The van der Waals surface area contributed by atoms with E-state index in [1.807, 2.05) is 18.9 Å². The number of likely N-dealkylation sites (tertiary alicyclic amines) is 1. The van der Waals surface area contributed by atoms with Gasteiger partial charge in [0, 0.05) is 35.2 Å². The number of phenolic OH excluding ortho intramolecular Hbond substituents is 1. The van der Waals surface area contributed by atoms with E-state index >= 15 is 4.39 Å². The van der Waals surface area contributed by atoms with Crippen LogP contribution in [0.25, 0.3) is 5.76 Å². The van der Waals surface area contributed by atoms with E-state index in [9.17, 15) is 34.8 Å². The van der Waals surface area contributed by atoms with Crippen molar-refractivity contribution in [3.8, 4) is 5.75 Å². The zero-order valence-corrected chi connectivity index (χ0v) is 23.2. The number of amides is 1. The number of ketones is 2. The second-order valence-electron chi connectivity index (χ2n) is 12.1. The molecule has 1 saturated heterocycles. The highest BCUT2D eigenvalue weighted by atomic mass is 19.1. The van der Waals surface area contributed by atoms with Gasteiger partial charge in [-0.2, -0.15) is 0 Å². The summed E-state index contributed by atoms with van der Waals surface area (Å²) in [6.07, 6.45) is 1.32. The minimum atomic E-state index is -2.73. The molecule has 1 saturated carbocycles. The monoisotopic (exact) mass is 570 g/mol. The normalized spacial score (nSPS) is 32.8. The van der Waals surface area contributed by atoms with Crippen LogP contribution in [0.15, 0.2) is 16.9 Å². The summed E-state index contributed by atoms with van der Waals surface area (Å²) in [5.74, 6) is -7.88.